The number of aryl methyl sites for hydroxylation is 1. The number of amides is 1. The molecule has 1 heterocycles. The van der Waals surface area contributed by atoms with Crippen molar-refractivity contribution in [1.29, 1.82) is 0 Å². The molecule has 5 nitrogen and oxygen atoms in total. The van der Waals surface area contributed by atoms with Crippen molar-refractivity contribution in [1.82, 2.24) is 9.80 Å². The molecule has 1 aliphatic rings. The number of benzene rings is 1. The lowest BCUT2D eigenvalue weighted by atomic mass is 10.0. The predicted molar refractivity (Wildman–Crippen MR) is 77.0 cm³/mol. The summed E-state index contributed by atoms with van der Waals surface area (Å²) in [7, 11) is 2.09. The second-order valence-electron chi connectivity index (χ2n) is 5.28. The Kier molecular flexibility index (Phi) is 4.07. The van der Waals surface area contributed by atoms with Crippen molar-refractivity contribution in [3.63, 3.8) is 0 Å². The summed E-state index contributed by atoms with van der Waals surface area (Å²) in [5, 5.41) is 0. The standard InChI is InChI=1S/C14H22N4O/c1-10-8-12(16-15)4-5-13(10)14(19)18-7-6-17(3)9-11(18)2/h4-5,8,11,16H,6-7,9,15H2,1-3H3. The van der Waals surface area contributed by atoms with E-state index >= 15 is 0 Å². The summed E-state index contributed by atoms with van der Waals surface area (Å²) in [4.78, 5) is 16.8. The van der Waals surface area contributed by atoms with Crippen LogP contribution >= 0.6 is 0 Å². The topological polar surface area (TPSA) is 61.6 Å². The van der Waals surface area contributed by atoms with Gasteiger partial charge in [0.1, 0.15) is 0 Å². The number of nitrogens with one attached hydrogen (secondary N) is 1. The highest BCUT2D eigenvalue weighted by atomic mass is 16.2. The van der Waals surface area contributed by atoms with E-state index in [4.69, 9.17) is 5.84 Å². The van der Waals surface area contributed by atoms with Crippen LogP contribution in [0.25, 0.3) is 0 Å². The maximum absolute atomic E-state index is 12.6. The molecule has 19 heavy (non-hydrogen) atoms. The number of carbonyl (C=O) groups excluding carboxylic acids is 1. The number of nitrogens with two attached hydrogens (primary N) is 1. The summed E-state index contributed by atoms with van der Waals surface area (Å²) in [5.74, 6) is 5.49. The van der Waals surface area contributed by atoms with Crippen LogP contribution in [-0.2, 0) is 0 Å². The Hall–Kier alpha value is -1.59. The monoisotopic (exact) mass is 262 g/mol. The van der Waals surface area contributed by atoms with Crippen molar-refractivity contribution < 1.29 is 4.79 Å². The number of hydrogen-bond donors (Lipinski definition) is 2. The number of likely N-dealkylation sites (N-methyl/N-ethyl adjacent to an activating group) is 1. The summed E-state index contributed by atoms with van der Waals surface area (Å²) < 4.78 is 0. The average Bonchev–Trinajstić information content (AvgIpc) is 2.37. The summed E-state index contributed by atoms with van der Waals surface area (Å²) in [5.41, 5.74) is 5.13. The summed E-state index contributed by atoms with van der Waals surface area (Å²) >= 11 is 0. The van der Waals surface area contributed by atoms with Gasteiger partial charge in [0.15, 0.2) is 0 Å². The number of piperazine rings is 1. The van der Waals surface area contributed by atoms with Gasteiger partial charge in [0, 0.05) is 36.9 Å². The maximum atomic E-state index is 12.6. The smallest absolute Gasteiger partial charge is 0.254 e. The molecular weight excluding hydrogens is 240 g/mol. The van der Waals surface area contributed by atoms with E-state index in [-0.39, 0.29) is 11.9 Å². The number of hydrogen-bond acceptors (Lipinski definition) is 4. The number of carbonyl (C=O) groups is 1. The van der Waals surface area contributed by atoms with Crippen molar-refractivity contribution in [2.45, 2.75) is 19.9 Å². The highest BCUT2D eigenvalue weighted by Crippen LogP contribution is 2.19. The van der Waals surface area contributed by atoms with E-state index in [2.05, 4.69) is 24.3 Å². The van der Waals surface area contributed by atoms with Crippen molar-refractivity contribution in [2.24, 2.45) is 5.84 Å². The van der Waals surface area contributed by atoms with Crippen LogP contribution in [0.4, 0.5) is 5.69 Å². The van der Waals surface area contributed by atoms with E-state index in [0.29, 0.717) is 0 Å². The molecular formula is C14H22N4O. The molecule has 2 rings (SSSR count). The van der Waals surface area contributed by atoms with Crippen LogP contribution in [-0.4, -0.2) is 48.4 Å². The van der Waals surface area contributed by atoms with Gasteiger partial charge in [-0.15, -0.1) is 0 Å². The molecule has 0 radical (unpaired) electrons. The van der Waals surface area contributed by atoms with Gasteiger partial charge in [-0.1, -0.05) is 0 Å². The second-order valence-corrected chi connectivity index (χ2v) is 5.28. The number of nitrogens with zero attached hydrogens (tertiary/aromatic N) is 2. The van der Waals surface area contributed by atoms with E-state index in [9.17, 15) is 4.79 Å². The van der Waals surface area contributed by atoms with Crippen LogP contribution in [0.3, 0.4) is 0 Å². The van der Waals surface area contributed by atoms with Crippen LogP contribution in [0.5, 0.6) is 0 Å². The van der Waals surface area contributed by atoms with Gasteiger partial charge in [0.25, 0.3) is 5.91 Å². The molecule has 1 unspecified atom stereocenters. The van der Waals surface area contributed by atoms with Gasteiger partial charge < -0.3 is 15.2 Å². The van der Waals surface area contributed by atoms with Gasteiger partial charge in [-0.2, -0.15) is 0 Å². The first-order valence-electron chi connectivity index (χ1n) is 6.59. The Labute approximate surface area is 114 Å². The highest BCUT2D eigenvalue weighted by Gasteiger charge is 2.27. The maximum Gasteiger partial charge on any atom is 0.254 e. The van der Waals surface area contributed by atoms with E-state index in [1.54, 1.807) is 0 Å². The van der Waals surface area contributed by atoms with Crippen molar-refractivity contribution in [2.75, 3.05) is 32.1 Å². The van der Waals surface area contributed by atoms with E-state index in [1.165, 1.54) is 0 Å². The zero-order valence-electron chi connectivity index (χ0n) is 11.8. The molecule has 0 aliphatic carbocycles. The minimum atomic E-state index is 0.113. The van der Waals surface area contributed by atoms with Gasteiger partial charge in [-0.25, -0.2) is 0 Å². The summed E-state index contributed by atoms with van der Waals surface area (Å²) in [6, 6.07) is 5.82. The first-order chi connectivity index (χ1) is 9.02. The van der Waals surface area contributed by atoms with Crippen LogP contribution in [0.1, 0.15) is 22.8 Å². The van der Waals surface area contributed by atoms with E-state index in [0.717, 1.165) is 36.4 Å². The lowest BCUT2D eigenvalue weighted by Gasteiger charge is -2.38. The molecule has 1 aromatic carbocycles. The molecule has 0 saturated carbocycles. The lowest BCUT2D eigenvalue weighted by Crippen LogP contribution is -2.52. The van der Waals surface area contributed by atoms with Gasteiger partial charge in [0.2, 0.25) is 0 Å². The Morgan fingerprint density at radius 1 is 1.42 bits per heavy atom. The molecule has 0 aromatic heterocycles. The van der Waals surface area contributed by atoms with Crippen LogP contribution < -0.4 is 11.3 Å². The quantitative estimate of drug-likeness (QED) is 0.618. The van der Waals surface area contributed by atoms with E-state index in [1.807, 2.05) is 30.0 Å². The number of anilines is 1. The Bertz CT molecular complexity index is 475. The molecule has 0 spiro atoms. The van der Waals surface area contributed by atoms with E-state index < -0.39 is 0 Å². The van der Waals surface area contributed by atoms with Crippen LogP contribution in [0, 0.1) is 6.92 Å². The first-order valence-corrected chi connectivity index (χ1v) is 6.59. The molecule has 1 atom stereocenters. The number of hydrazine groups is 1. The van der Waals surface area contributed by atoms with Gasteiger partial charge in [-0.05, 0) is 44.7 Å². The normalized spacial score (nSPS) is 20.4. The zero-order valence-corrected chi connectivity index (χ0v) is 11.8. The van der Waals surface area contributed by atoms with Gasteiger partial charge in [0.05, 0.1) is 0 Å². The Balaban J connectivity index is 2.19. The zero-order chi connectivity index (χ0) is 14.0. The third-order valence-corrected chi connectivity index (χ3v) is 3.71. The minimum absolute atomic E-state index is 0.113. The van der Waals surface area contributed by atoms with Crippen LogP contribution in [0.15, 0.2) is 18.2 Å². The third-order valence-electron chi connectivity index (χ3n) is 3.71. The molecule has 1 fully saturated rings. The third kappa shape index (κ3) is 2.88. The predicted octanol–water partition coefficient (Wildman–Crippen LogP) is 1.06. The summed E-state index contributed by atoms with van der Waals surface area (Å²) in [6.07, 6.45) is 0. The Morgan fingerprint density at radius 2 is 2.16 bits per heavy atom. The number of nitrogen functional groups attached to an aromatic ring is 1. The summed E-state index contributed by atoms with van der Waals surface area (Å²) in [6.45, 7) is 6.67. The average molecular weight is 262 g/mol. The highest BCUT2D eigenvalue weighted by molar-refractivity contribution is 5.96. The molecule has 1 aromatic rings. The lowest BCUT2D eigenvalue weighted by molar-refractivity contribution is 0.0533. The second kappa shape index (κ2) is 5.59. The van der Waals surface area contributed by atoms with Crippen molar-refractivity contribution >= 4 is 11.6 Å². The minimum Gasteiger partial charge on any atom is -0.333 e. The fourth-order valence-corrected chi connectivity index (χ4v) is 2.59. The van der Waals surface area contributed by atoms with Crippen molar-refractivity contribution in [3.05, 3.63) is 29.3 Å². The largest absolute Gasteiger partial charge is 0.333 e. The van der Waals surface area contributed by atoms with Gasteiger partial charge >= 0.3 is 0 Å². The molecule has 104 valence electrons. The fraction of sp³-hybridized carbons (Fsp3) is 0.500. The molecule has 3 N–H and O–H groups in total. The number of rotatable bonds is 2. The molecule has 1 aliphatic heterocycles. The molecule has 0 bridgehead atoms. The Morgan fingerprint density at radius 3 is 2.74 bits per heavy atom. The fourth-order valence-electron chi connectivity index (χ4n) is 2.59. The van der Waals surface area contributed by atoms with Gasteiger partial charge in [-0.3, -0.25) is 10.6 Å². The molecule has 1 amide bonds. The van der Waals surface area contributed by atoms with Crippen molar-refractivity contribution in [3.8, 4) is 0 Å². The van der Waals surface area contributed by atoms with Crippen LogP contribution in [0.2, 0.25) is 0 Å². The molecule has 5 heteroatoms. The first kappa shape index (κ1) is 13.8. The molecule has 1 saturated heterocycles. The SMILES string of the molecule is Cc1cc(NN)ccc1C(=O)N1CCN(C)CC1C.